The first-order valence-electron chi connectivity index (χ1n) is 24.3. The number of fused-ring (bicyclic) bond motifs is 3. The maximum atomic E-state index is 2.42. The van der Waals surface area contributed by atoms with Crippen molar-refractivity contribution in [3.63, 3.8) is 0 Å². The molecule has 1 aliphatic carbocycles. The van der Waals surface area contributed by atoms with Crippen LogP contribution >= 0.6 is 0 Å². The number of hydrogen-bond donors (Lipinski definition) is 0. The number of aromatic nitrogens is 1. The summed E-state index contributed by atoms with van der Waals surface area (Å²) in [7, 11) is 0. The number of hydrogen-bond acceptors (Lipinski definition) is 2. The van der Waals surface area contributed by atoms with Gasteiger partial charge in [0, 0.05) is 56.0 Å². The average molecular weight is 848 g/mol. The first-order chi connectivity index (χ1) is 32.1. The molecular formula is C62H61N3. The van der Waals surface area contributed by atoms with E-state index in [9.17, 15) is 0 Å². The van der Waals surface area contributed by atoms with Gasteiger partial charge in [-0.3, -0.25) is 0 Å². The fourth-order valence-electron chi connectivity index (χ4n) is 10.9. The summed E-state index contributed by atoms with van der Waals surface area (Å²) in [5.74, 6) is 0.691. The van der Waals surface area contributed by atoms with E-state index >= 15 is 0 Å². The first-order valence-corrected chi connectivity index (χ1v) is 24.3. The van der Waals surface area contributed by atoms with Crippen molar-refractivity contribution >= 4 is 55.9 Å². The normalized spacial score (nSPS) is 14.1. The topological polar surface area (TPSA) is 11.4 Å². The van der Waals surface area contributed by atoms with E-state index in [-0.39, 0.29) is 5.41 Å². The van der Waals surface area contributed by atoms with Crippen molar-refractivity contribution in [3.8, 4) is 5.69 Å². The van der Waals surface area contributed by atoms with Crippen LogP contribution in [-0.2, 0) is 5.41 Å². The molecule has 3 heteroatoms. The molecule has 1 unspecified atom stereocenters. The highest BCUT2D eigenvalue weighted by molar-refractivity contribution is 6.10. The molecule has 0 amide bonds. The average Bonchev–Trinajstić information content (AvgIpc) is 3.71. The molecule has 9 aromatic rings. The lowest BCUT2D eigenvalue weighted by molar-refractivity contribution is 0.431. The molecule has 1 heterocycles. The SMILES string of the molecule is CCCCCC(CC)(c1ccc(N(c2ccccc2)c2ccc(C3CCCCC3)cc2)cc1)c1ccc(N(c2ccccc2)c2ccc3c4ccccc4n(-c4ccccc4)c3c2)cc1. The quantitative estimate of drug-likeness (QED) is 0.0952. The minimum absolute atomic E-state index is 0.126. The molecule has 324 valence electrons. The zero-order valence-corrected chi connectivity index (χ0v) is 38.1. The lowest BCUT2D eigenvalue weighted by atomic mass is 9.69. The van der Waals surface area contributed by atoms with Crippen LogP contribution in [0.2, 0.25) is 0 Å². The highest BCUT2D eigenvalue weighted by Gasteiger charge is 2.33. The van der Waals surface area contributed by atoms with Crippen molar-refractivity contribution in [2.24, 2.45) is 0 Å². The number of unbranched alkanes of at least 4 members (excludes halogenated alkanes) is 2. The van der Waals surface area contributed by atoms with Gasteiger partial charge in [-0.1, -0.05) is 168 Å². The Hall–Kier alpha value is -6.84. The van der Waals surface area contributed by atoms with E-state index in [1.807, 2.05) is 0 Å². The second-order valence-corrected chi connectivity index (χ2v) is 18.1. The van der Waals surface area contributed by atoms with Gasteiger partial charge in [0.1, 0.15) is 0 Å². The largest absolute Gasteiger partial charge is 0.311 e. The minimum atomic E-state index is -0.126. The zero-order chi connectivity index (χ0) is 44.0. The Morgan fingerprint density at radius 2 is 0.923 bits per heavy atom. The van der Waals surface area contributed by atoms with Crippen LogP contribution in [0, 0.1) is 0 Å². The second-order valence-electron chi connectivity index (χ2n) is 18.1. The molecule has 1 saturated carbocycles. The molecule has 65 heavy (non-hydrogen) atoms. The molecule has 10 rings (SSSR count). The van der Waals surface area contributed by atoms with Crippen molar-refractivity contribution in [2.75, 3.05) is 9.80 Å². The van der Waals surface area contributed by atoms with Gasteiger partial charge in [0.15, 0.2) is 0 Å². The fourth-order valence-corrected chi connectivity index (χ4v) is 10.9. The van der Waals surface area contributed by atoms with Crippen LogP contribution in [0.4, 0.5) is 34.1 Å². The standard InChI is InChI=1S/C62H61N3/c1-3-5-20-45-62(4-2,49-33-39-55(40-34-49)63(51-23-12-7-13-24-51)54-37-31-48(32-38-54)47-21-10-6-11-22-47)50-35-41-56(42-36-50)64(52-25-14-8-15-26-52)57-43-44-59-58-29-18-19-30-60(58)65(61(59)46-57)53-27-16-9-17-28-53/h7-9,12-19,23-44,46-47H,3-6,10-11,20-22,45H2,1-2H3. The van der Waals surface area contributed by atoms with Crippen LogP contribution in [-0.4, -0.2) is 4.57 Å². The Labute approximate surface area is 386 Å². The van der Waals surface area contributed by atoms with Crippen LogP contribution in [0.5, 0.6) is 0 Å². The number of anilines is 6. The molecule has 0 aliphatic heterocycles. The van der Waals surface area contributed by atoms with Crippen molar-refractivity contribution < 1.29 is 0 Å². The van der Waals surface area contributed by atoms with Gasteiger partial charge in [-0.15, -0.1) is 0 Å². The molecule has 0 saturated heterocycles. The maximum Gasteiger partial charge on any atom is 0.0561 e. The highest BCUT2D eigenvalue weighted by Crippen LogP contribution is 2.45. The Morgan fingerprint density at radius 1 is 0.446 bits per heavy atom. The molecule has 1 aromatic heterocycles. The smallest absolute Gasteiger partial charge is 0.0561 e. The zero-order valence-electron chi connectivity index (χ0n) is 38.1. The molecule has 0 N–H and O–H groups in total. The summed E-state index contributed by atoms with van der Waals surface area (Å²) in [4.78, 5) is 4.83. The Morgan fingerprint density at radius 3 is 1.49 bits per heavy atom. The summed E-state index contributed by atoms with van der Waals surface area (Å²) in [6.45, 7) is 4.70. The third kappa shape index (κ3) is 8.37. The molecule has 3 nitrogen and oxygen atoms in total. The van der Waals surface area contributed by atoms with Crippen molar-refractivity contribution in [1.82, 2.24) is 4.57 Å². The highest BCUT2D eigenvalue weighted by atomic mass is 15.1. The summed E-state index contributed by atoms with van der Waals surface area (Å²) in [5, 5.41) is 2.51. The Kier molecular flexibility index (Phi) is 12.4. The van der Waals surface area contributed by atoms with Crippen LogP contribution in [0.25, 0.3) is 27.5 Å². The number of benzene rings is 8. The summed E-state index contributed by atoms with van der Waals surface area (Å²) in [6, 6.07) is 76.7. The van der Waals surface area contributed by atoms with Crippen LogP contribution < -0.4 is 9.80 Å². The van der Waals surface area contributed by atoms with Gasteiger partial charge < -0.3 is 14.4 Å². The van der Waals surface area contributed by atoms with Crippen LogP contribution in [0.3, 0.4) is 0 Å². The third-order valence-corrected chi connectivity index (χ3v) is 14.4. The predicted octanol–water partition coefficient (Wildman–Crippen LogP) is 18.0. The van der Waals surface area contributed by atoms with Gasteiger partial charge in [0.25, 0.3) is 0 Å². The molecule has 1 atom stereocenters. The van der Waals surface area contributed by atoms with E-state index in [2.05, 4.69) is 234 Å². The van der Waals surface area contributed by atoms with Gasteiger partial charge in [0.2, 0.25) is 0 Å². The Bertz CT molecular complexity index is 2930. The summed E-state index contributed by atoms with van der Waals surface area (Å²) in [6.07, 6.45) is 12.4. The number of para-hydroxylation sites is 4. The molecule has 1 aliphatic rings. The van der Waals surface area contributed by atoms with E-state index in [1.54, 1.807) is 0 Å². The summed E-state index contributed by atoms with van der Waals surface area (Å²) in [5.41, 5.74) is 14.6. The lowest BCUT2D eigenvalue weighted by Gasteiger charge is -2.36. The van der Waals surface area contributed by atoms with Gasteiger partial charge in [-0.05, 0) is 139 Å². The molecule has 0 spiro atoms. The first kappa shape index (κ1) is 42.1. The molecule has 1 fully saturated rings. The second kappa shape index (κ2) is 19.1. The van der Waals surface area contributed by atoms with Crippen LogP contribution in [0.1, 0.15) is 101 Å². The summed E-state index contributed by atoms with van der Waals surface area (Å²) < 4.78 is 2.41. The number of rotatable bonds is 15. The van der Waals surface area contributed by atoms with Crippen molar-refractivity contribution in [1.29, 1.82) is 0 Å². The van der Waals surface area contributed by atoms with Gasteiger partial charge in [0.05, 0.1) is 11.0 Å². The van der Waals surface area contributed by atoms with E-state index in [4.69, 9.17) is 0 Å². The van der Waals surface area contributed by atoms with Crippen molar-refractivity contribution in [3.05, 3.63) is 223 Å². The van der Waals surface area contributed by atoms with E-state index in [0.29, 0.717) is 5.92 Å². The lowest BCUT2D eigenvalue weighted by Crippen LogP contribution is -2.27. The number of nitrogens with zero attached hydrogens (tertiary/aromatic N) is 3. The van der Waals surface area contributed by atoms with E-state index in [0.717, 1.165) is 35.6 Å². The third-order valence-electron chi connectivity index (χ3n) is 14.4. The van der Waals surface area contributed by atoms with Gasteiger partial charge >= 0.3 is 0 Å². The molecule has 8 aromatic carbocycles. The van der Waals surface area contributed by atoms with E-state index in [1.165, 1.54) is 107 Å². The van der Waals surface area contributed by atoms with E-state index < -0.39 is 0 Å². The molecular weight excluding hydrogens is 787 g/mol. The van der Waals surface area contributed by atoms with Gasteiger partial charge in [-0.2, -0.15) is 0 Å². The van der Waals surface area contributed by atoms with Gasteiger partial charge in [-0.25, -0.2) is 0 Å². The predicted molar refractivity (Wildman–Crippen MR) is 278 cm³/mol. The monoisotopic (exact) mass is 847 g/mol. The Balaban J connectivity index is 1.02. The molecule has 0 radical (unpaired) electrons. The minimum Gasteiger partial charge on any atom is -0.311 e. The summed E-state index contributed by atoms with van der Waals surface area (Å²) >= 11 is 0. The van der Waals surface area contributed by atoms with Crippen LogP contribution in [0.15, 0.2) is 206 Å². The molecule has 0 bridgehead atoms. The van der Waals surface area contributed by atoms with Crippen molar-refractivity contribution in [2.45, 2.75) is 89.4 Å². The fraction of sp³-hybridized carbons (Fsp3) is 0.226. The maximum absolute atomic E-state index is 2.42.